The van der Waals surface area contributed by atoms with E-state index in [1.54, 1.807) is 0 Å². The minimum atomic E-state index is 0.706. The average Bonchev–Trinajstić information content (AvgIpc) is 3.38. The second-order valence-corrected chi connectivity index (χ2v) is 10.8. The number of hydrogen-bond acceptors (Lipinski definition) is 2. The van der Waals surface area contributed by atoms with Crippen molar-refractivity contribution in [3.8, 4) is 22.6 Å². The van der Waals surface area contributed by atoms with Gasteiger partial charge in [-0.3, -0.25) is 4.98 Å². The van der Waals surface area contributed by atoms with Crippen molar-refractivity contribution in [3.63, 3.8) is 0 Å². The van der Waals surface area contributed by atoms with Crippen LogP contribution in [0.2, 0.25) is 0 Å². The van der Waals surface area contributed by atoms with Crippen LogP contribution in [0.5, 0.6) is 5.75 Å². The lowest BCUT2D eigenvalue weighted by Crippen LogP contribution is -2.12. The molecule has 0 N–H and O–H groups in total. The summed E-state index contributed by atoms with van der Waals surface area (Å²) in [7, 11) is 0. The van der Waals surface area contributed by atoms with Crippen molar-refractivity contribution in [2.24, 2.45) is 0 Å². The van der Waals surface area contributed by atoms with Gasteiger partial charge < -0.3 is 9.30 Å². The Balaban J connectivity index is 1.23. The van der Waals surface area contributed by atoms with E-state index in [0.717, 1.165) is 41.0 Å². The number of rotatable bonds is 4. The lowest BCUT2D eigenvalue weighted by molar-refractivity contribution is 0.432. The zero-order valence-corrected chi connectivity index (χ0v) is 23.1. The maximum Gasteiger partial charge on any atom is 0.134 e. The topological polar surface area (TPSA) is 27.1 Å². The first-order chi connectivity index (χ1) is 20.7. The van der Waals surface area contributed by atoms with Gasteiger partial charge in [0.25, 0.3) is 0 Å². The molecular weight excluding hydrogens is 512 g/mol. The number of benzene rings is 4. The lowest BCUT2D eigenvalue weighted by Gasteiger charge is -2.29. The van der Waals surface area contributed by atoms with Crippen LogP contribution in [-0.4, -0.2) is 9.55 Å². The third-order valence-corrected chi connectivity index (χ3v) is 8.31. The first-order valence-electron chi connectivity index (χ1n) is 14.4. The predicted molar refractivity (Wildman–Crippen MR) is 173 cm³/mol. The molecule has 4 aromatic carbocycles. The summed E-state index contributed by atoms with van der Waals surface area (Å²) in [5, 5.41) is 2.50. The molecule has 0 radical (unpaired) electrons. The molecule has 0 amide bonds. The van der Waals surface area contributed by atoms with Crippen molar-refractivity contribution in [2.45, 2.75) is 12.8 Å². The van der Waals surface area contributed by atoms with Crippen molar-refractivity contribution < 1.29 is 4.74 Å². The van der Waals surface area contributed by atoms with Crippen molar-refractivity contribution in [2.75, 3.05) is 0 Å². The van der Waals surface area contributed by atoms with E-state index in [0.29, 0.717) is 5.76 Å². The Morgan fingerprint density at radius 2 is 1.52 bits per heavy atom. The zero-order valence-electron chi connectivity index (χ0n) is 23.1. The van der Waals surface area contributed by atoms with Gasteiger partial charge in [0.05, 0.1) is 16.7 Å². The minimum Gasteiger partial charge on any atom is -0.457 e. The Bertz CT molecular complexity index is 2110. The number of para-hydroxylation sites is 2. The largest absolute Gasteiger partial charge is 0.457 e. The molecule has 3 heterocycles. The molecule has 0 fully saturated rings. The number of ether oxygens (including phenoxy) is 1. The van der Waals surface area contributed by atoms with Gasteiger partial charge in [-0.05, 0) is 95.8 Å². The molecule has 1 aliphatic heterocycles. The third kappa shape index (κ3) is 4.02. The summed E-state index contributed by atoms with van der Waals surface area (Å²) >= 11 is 0. The molecule has 0 spiro atoms. The molecule has 0 saturated heterocycles. The third-order valence-electron chi connectivity index (χ3n) is 8.31. The lowest BCUT2D eigenvalue weighted by atomic mass is 9.83. The van der Waals surface area contributed by atoms with Gasteiger partial charge in [-0.25, -0.2) is 0 Å². The maximum absolute atomic E-state index is 6.31. The molecule has 0 atom stereocenters. The molecule has 42 heavy (non-hydrogen) atoms. The Labute approximate surface area is 245 Å². The van der Waals surface area contributed by atoms with E-state index < -0.39 is 0 Å². The molecule has 0 saturated carbocycles. The van der Waals surface area contributed by atoms with Gasteiger partial charge in [0.2, 0.25) is 0 Å². The standard InChI is InChI=1S/C39H28N2O/c1-26-39-27(17-20-30-11-7-8-23-40-30)10-9-15-33(39)35-25-29(19-22-38(35)42-26)28-18-21-37-34(24-28)32-14-5-6-16-36(32)41(37)31-12-3-2-4-13-31/h2-8,10-14,16-25H,1,9,15H2/b20-17+. The highest BCUT2D eigenvalue weighted by atomic mass is 16.5. The average molecular weight is 541 g/mol. The van der Waals surface area contributed by atoms with Crippen LogP contribution >= 0.6 is 0 Å². The van der Waals surface area contributed by atoms with E-state index in [9.17, 15) is 0 Å². The van der Waals surface area contributed by atoms with Gasteiger partial charge in [0, 0.05) is 33.8 Å². The number of pyridine rings is 1. The summed E-state index contributed by atoms with van der Waals surface area (Å²) in [6.07, 6.45) is 10.2. The van der Waals surface area contributed by atoms with Gasteiger partial charge in [-0.15, -0.1) is 0 Å². The molecule has 2 aliphatic rings. The van der Waals surface area contributed by atoms with Crippen LogP contribution in [0.3, 0.4) is 0 Å². The molecule has 200 valence electrons. The Morgan fingerprint density at radius 1 is 0.738 bits per heavy atom. The van der Waals surface area contributed by atoms with E-state index in [1.807, 2.05) is 24.4 Å². The van der Waals surface area contributed by atoms with Crippen molar-refractivity contribution in [1.82, 2.24) is 9.55 Å². The van der Waals surface area contributed by atoms with E-state index in [4.69, 9.17) is 4.74 Å². The van der Waals surface area contributed by atoms with E-state index in [2.05, 4.69) is 125 Å². The first kappa shape index (κ1) is 24.4. The van der Waals surface area contributed by atoms with E-state index >= 15 is 0 Å². The van der Waals surface area contributed by atoms with Crippen LogP contribution in [0.25, 0.3) is 50.3 Å². The highest BCUT2D eigenvalue weighted by Gasteiger charge is 2.27. The molecular formula is C39H28N2O. The molecule has 0 unspecified atom stereocenters. The summed E-state index contributed by atoms with van der Waals surface area (Å²) in [5.41, 5.74) is 11.6. The number of aromatic nitrogens is 2. The normalized spacial score (nSPS) is 14.7. The quantitative estimate of drug-likeness (QED) is 0.222. The number of hydrogen-bond donors (Lipinski definition) is 0. The molecule has 8 rings (SSSR count). The van der Waals surface area contributed by atoms with Crippen molar-refractivity contribution in [3.05, 3.63) is 162 Å². The van der Waals surface area contributed by atoms with Crippen LogP contribution in [0.1, 0.15) is 24.1 Å². The highest BCUT2D eigenvalue weighted by molar-refractivity contribution is 6.10. The van der Waals surface area contributed by atoms with E-state index in [-0.39, 0.29) is 0 Å². The van der Waals surface area contributed by atoms with E-state index in [1.165, 1.54) is 44.2 Å². The summed E-state index contributed by atoms with van der Waals surface area (Å²) < 4.78 is 8.66. The Kier molecular flexibility index (Phi) is 5.75. The smallest absolute Gasteiger partial charge is 0.134 e. The molecule has 3 nitrogen and oxygen atoms in total. The summed E-state index contributed by atoms with van der Waals surface area (Å²) in [4.78, 5) is 4.44. The van der Waals surface area contributed by atoms with Gasteiger partial charge in [0.1, 0.15) is 11.5 Å². The van der Waals surface area contributed by atoms with Crippen LogP contribution in [0.4, 0.5) is 0 Å². The number of allylic oxidation sites excluding steroid dienone is 4. The zero-order chi connectivity index (χ0) is 28.0. The number of nitrogens with zero attached hydrogens (tertiary/aromatic N) is 2. The Hall–Kier alpha value is -5.41. The van der Waals surface area contributed by atoms with Gasteiger partial charge in [0.15, 0.2) is 0 Å². The Morgan fingerprint density at radius 3 is 2.40 bits per heavy atom. The fourth-order valence-corrected chi connectivity index (χ4v) is 6.40. The second kappa shape index (κ2) is 9.90. The van der Waals surface area contributed by atoms with Crippen molar-refractivity contribution in [1.29, 1.82) is 0 Å². The minimum absolute atomic E-state index is 0.706. The second-order valence-electron chi connectivity index (χ2n) is 10.8. The van der Waals surface area contributed by atoms with Gasteiger partial charge in [-0.2, -0.15) is 0 Å². The fourth-order valence-electron chi connectivity index (χ4n) is 6.40. The monoisotopic (exact) mass is 540 g/mol. The van der Waals surface area contributed by atoms with Crippen LogP contribution < -0.4 is 4.74 Å². The highest BCUT2D eigenvalue weighted by Crippen LogP contribution is 2.46. The molecule has 2 aromatic heterocycles. The molecule has 6 aromatic rings. The fraction of sp³-hybridized carbons (Fsp3) is 0.0513. The first-order valence-corrected chi connectivity index (χ1v) is 14.4. The van der Waals surface area contributed by atoms with Crippen LogP contribution in [-0.2, 0) is 0 Å². The van der Waals surface area contributed by atoms with Gasteiger partial charge >= 0.3 is 0 Å². The van der Waals surface area contributed by atoms with Crippen LogP contribution in [0, 0.1) is 0 Å². The predicted octanol–water partition coefficient (Wildman–Crippen LogP) is 9.94. The number of fused-ring (bicyclic) bond motifs is 5. The molecule has 3 heteroatoms. The summed E-state index contributed by atoms with van der Waals surface area (Å²) in [6, 6.07) is 38.6. The van der Waals surface area contributed by atoms with Crippen LogP contribution in [0.15, 0.2) is 151 Å². The van der Waals surface area contributed by atoms with Crippen molar-refractivity contribution >= 4 is 33.5 Å². The SMILES string of the molecule is C=C1Oc2ccc(-c3ccc4c(c3)c3ccccc3n4-c3ccccc3)cc2C2=C1C(/C=C/c1ccccn1)=CCC2. The van der Waals surface area contributed by atoms with Gasteiger partial charge in [-0.1, -0.05) is 73.3 Å². The molecule has 0 bridgehead atoms. The summed E-state index contributed by atoms with van der Waals surface area (Å²) in [6.45, 7) is 4.30. The maximum atomic E-state index is 6.31. The molecule has 1 aliphatic carbocycles. The summed E-state index contributed by atoms with van der Waals surface area (Å²) in [5.74, 6) is 1.58.